The second-order valence-corrected chi connectivity index (χ2v) is 6.57. The topological polar surface area (TPSA) is 46.4 Å². The van der Waals surface area contributed by atoms with Gasteiger partial charge >= 0.3 is 0 Å². The molecule has 4 heteroatoms. The lowest BCUT2D eigenvalue weighted by Crippen LogP contribution is -2.17. The molecule has 0 amide bonds. The van der Waals surface area contributed by atoms with E-state index in [-0.39, 0.29) is 6.61 Å². The number of aromatic nitrogens is 1. The number of ether oxygens (including phenoxy) is 1. The molecule has 2 N–H and O–H groups in total. The summed E-state index contributed by atoms with van der Waals surface area (Å²) in [6.45, 7) is 3.02. The molecule has 0 saturated heterocycles. The van der Waals surface area contributed by atoms with Gasteiger partial charge in [0, 0.05) is 42.7 Å². The molecule has 0 bridgehead atoms. The fourth-order valence-electron chi connectivity index (χ4n) is 3.82. The number of para-hydroxylation sites is 1. The van der Waals surface area contributed by atoms with Crippen molar-refractivity contribution in [3.8, 4) is 16.9 Å². The Labute approximate surface area is 153 Å². The van der Waals surface area contributed by atoms with Gasteiger partial charge in [-0.3, -0.25) is 0 Å². The van der Waals surface area contributed by atoms with Crippen molar-refractivity contribution in [3.05, 3.63) is 59.8 Å². The first kappa shape index (κ1) is 16.9. The summed E-state index contributed by atoms with van der Waals surface area (Å²) >= 11 is 0. The lowest BCUT2D eigenvalue weighted by Gasteiger charge is -2.14. The Morgan fingerprint density at radius 2 is 2.08 bits per heavy atom. The average molecular weight is 348 g/mol. The number of aliphatic hydroxyl groups excluding tert-OH is 1. The fraction of sp³-hybridized carbons (Fsp3) is 0.273. The first-order valence-electron chi connectivity index (χ1n) is 9.09. The number of fused-ring (bicyclic) bond motifs is 3. The molecule has 3 aromatic rings. The van der Waals surface area contributed by atoms with Gasteiger partial charge in [0.05, 0.1) is 19.2 Å². The van der Waals surface area contributed by atoms with E-state index in [4.69, 9.17) is 4.74 Å². The number of hydrogen-bond acceptors (Lipinski definition) is 3. The van der Waals surface area contributed by atoms with Gasteiger partial charge in [0.1, 0.15) is 5.75 Å². The van der Waals surface area contributed by atoms with Crippen molar-refractivity contribution in [3.63, 3.8) is 0 Å². The van der Waals surface area contributed by atoms with Crippen molar-refractivity contribution in [1.29, 1.82) is 0 Å². The smallest absolute Gasteiger partial charge is 0.119 e. The molecule has 2 aromatic carbocycles. The number of nitrogens with one attached hydrogen (secondary N) is 1. The second kappa shape index (κ2) is 7.36. The van der Waals surface area contributed by atoms with Crippen molar-refractivity contribution in [2.45, 2.75) is 13.0 Å². The van der Waals surface area contributed by atoms with Crippen LogP contribution in [0.4, 0.5) is 0 Å². The number of benzene rings is 2. The van der Waals surface area contributed by atoms with Crippen molar-refractivity contribution in [2.75, 3.05) is 26.8 Å². The maximum atomic E-state index is 9.21. The number of rotatable bonds is 4. The van der Waals surface area contributed by atoms with Crippen LogP contribution in [0.5, 0.6) is 5.75 Å². The molecule has 2 heterocycles. The predicted molar refractivity (Wildman–Crippen MR) is 107 cm³/mol. The summed E-state index contributed by atoms with van der Waals surface area (Å²) in [5.41, 5.74) is 6.09. The number of methoxy groups -OCH3 is 1. The molecule has 0 spiro atoms. The van der Waals surface area contributed by atoms with Gasteiger partial charge in [-0.15, -0.1) is 0 Å². The number of aliphatic hydroxyl groups is 1. The molecule has 0 fully saturated rings. The van der Waals surface area contributed by atoms with Crippen LogP contribution in [0.1, 0.15) is 11.3 Å². The normalized spacial score (nSPS) is 14.5. The molecule has 0 saturated carbocycles. The zero-order valence-corrected chi connectivity index (χ0v) is 15.0. The monoisotopic (exact) mass is 348 g/mol. The van der Waals surface area contributed by atoms with Crippen LogP contribution in [-0.4, -0.2) is 36.5 Å². The lowest BCUT2D eigenvalue weighted by atomic mass is 9.97. The minimum atomic E-state index is 0.0209. The molecule has 1 aromatic heterocycles. The molecule has 4 rings (SSSR count). The predicted octanol–water partition coefficient (Wildman–Crippen LogP) is 3.47. The summed E-state index contributed by atoms with van der Waals surface area (Å²) in [7, 11) is 1.68. The highest BCUT2D eigenvalue weighted by Gasteiger charge is 2.16. The van der Waals surface area contributed by atoms with E-state index in [1.165, 1.54) is 22.2 Å². The molecular formula is C22H24N2O2. The van der Waals surface area contributed by atoms with Gasteiger partial charge in [-0.25, -0.2) is 0 Å². The van der Waals surface area contributed by atoms with E-state index in [0.29, 0.717) is 0 Å². The van der Waals surface area contributed by atoms with Crippen LogP contribution < -0.4 is 10.1 Å². The Bertz CT molecular complexity index is 956. The van der Waals surface area contributed by atoms with Crippen molar-refractivity contribution in [1.82, 2.24) is 9.88 Å². The quantitative estimate of drug-likeness (QED) is 0.759. The summed E-state index contributed by atoms with van der Waals surface area (Å²) in [4.78, 5) is 0. The SMILES string of the molecule is COc1ccc(-c2cccc3cc4n(c23)CCNCC4)c(/C=C\CO)c1. The summed E-state index contributed by atoms with van der Waals surface area (Å²) in [5.74, 6) is 0.816. The van der Waals surface area contributed by atoms with Gasteiger partial charge < -0.3 is 19.7 Å². The van der Waals surface area contributed by atoms with Gasteiger partial charge in [-0.05, 0) is 29.3 Å². The fourth-order valence-corrected chi connectivity index (χ4v) is 3.82. The molecule has 0 atom stereocenters. The van der Waals surface area contributed by atoms with Crippen LogP contribution in [0.3, 0.4) is 0 Å². The highest BCUT2D eigenvalue weighted by atomic mass is 16.5. The first-order valence-corrected chi connectivity index (χ1v) is 9.09. The van der Waals surface area contributed by atoms with E-state index in [1.807, 2.05) is 18.2 Å². The minimum absolute atomic E-state index is 0.0209. The molecule has 0 aliphatic carbocycles. The standard InChI is InChI=1S/C22H24N2O2/c1-26-19-7-8-20(16(15-19)5-3-13-25)21-6-2-4-17-14-18-9-10-23-11-12-24(18)22(17)21/h2-8,14-15,23,25H,9-13H2,1H3/b5-3-. The van der Waals surface area contributed by atoms with E-state index < -0.39 is 0 Å². The summed E-state index contributed by atoms with van der Waals surface area (Å²) in [6, 6.07) is 15.0. The Hall–Kier alpha value is -2.56. The zero-order chi connectivity index (χ0) is 17.9. The van der Waals surface area contributed by atoms with Gasteiger partial charge in [0.25, 0.3) is 0 Å². The Balaban J connectivity index is 1.94. The van der Waals surface area contributed by atoms with Crippen molar-refractivity contribution < 1.29 is 9.84 Å². The number of nitrogens with zero attached hydrogens (tertiary/aromatic N) is 1. The highest BCUT2D eigenvalue weighted by Crippen LogP contribution is 2.35. The molecule has 1 aliphatic rings. The maximum Gasteiger partial charge on any atom is 0.119 e. The van der Waals surface area contributed by atoms with E-state index in [2.05, 4.69) is 40.2 Å². The number of hydrogen-bond donors (Lipinski definition) is 2. The van der Waals surface area contributed by atoms with Gasteiger partial charge in [-0.1, -0.05) is 36.4 Å². The minimum Gasteiger partial charge on any atom is -0.497 e. The largest absolute Gasteiger partial charge is 0.497 e. The third-order valence-electron chi connectivity index (χ3n) is 5.03. The van der Waals surface area contributed by atoms with E-state index in [1.54, 1.807) is 13.2 Å². The van der Waals surface area contributed by atoms with Crippen LogP contribution in [0, 0.1) is 0 Å². The first-order chi connectivity index (χ1) is 12.8. The Morgan fingerprint density at radius 3 is 2.92 bits per heavy atom. The molecular weight excluding hydrogens is 324 g/mol. The summed E-state index contributed by atoms with van der Waals surface area (Å²) in [6.07, 6.45) is 4.78. The Morgan fingerprint density at radius 1 is 1.15 bits per heavy atom. The van der Waals surface area contributed by atoms with Crippen LogP contribution >= 0.6 is 0 Å². The van der Waals surface area contributed by atoms with E-state index >= 15 is 0 Å². The molecule has 0 radical (unpaired) electrons. The molecule has 26 heavy (non-hydrogen) atoms. The third kappa shape index (κ3) is 3.02. The average Bonchev–Trinajstić information content (AvgIpc) is 2.87. The van der Waals surface area contributed by atoms with E-state index in [9.17, 15) is 5.11 Å². The lowest BCUT2D eigenvalue weighted by molar-refractivity contribution is 0.343. The maximum absolute atomic E-state index is 9.21. The van der Waals surface area contributed by atoms with E-state index in [0.717, 1.165) is 42.9 Å². The summed E-state index contributed by atoms with van der Waals surface area (Å²) in [5, 5.41) is 14.0. The van der Waals surface area contributed by atoms with Crippen LogP contribution in [0.15, 0.2) is 48.5 Å². The van der Waals surface area contributed by atoms with Gasteiger partial charge in [0.2, 0.25) is 0 Å². The molecule has 0 unspecified atom stereocenters. The van der Waals surface area contributed by atoms with Crippen LogP contribution in [0.25, 0.3) is 28.1 Å². The van der Waals surface area contributed by atoms with Gasteiger partial charge in [0.15, 0.2) is 0 Å². The molecule has 134 valence electrons. The second-order valence-electron chi connectivity index (χ2n) is 6.57. The molecule has 4 nitrogen and oxygen atoms in total. The van der Waals surface area contributed by atoms with Crippen LogP contribution in [-0.2, 0) is 13.0 Å². The van der Waals surface area contributed by atoms with Crippen molar-refractivity contribution in [2.24, 2.45) is 0 Å². The van der Waals surface area contributed by atoms with Crippen LogP contribution in [0.2, 0.25) is 0 Å². The van der Waals surface area contributed by atoms with Crippen molar-refractivity contribution >= 4 is 17.0 Å². The third-order valence-corrected chi connectivity index (χ3v) is 5.03. The molecule has 1 aliphatic heterocycles. The highest BCUT2D eigenvalue weighted by molar-refractivity contribution is 5.97. The summed E-state index contributed by atoms with van der Waals surface area (Å²) < 4.78 is 7.85. The zero-order valence-electron chi connectivity index (χ0n) is 15.0. The van der Waals surface area contributed by atoms with Gasteiger partial charge in [-0.2, -0.15) is 0 Å². The Kier molecular flexibility index (Phi) is 4.78.